The third-order valence-corrected chi connectivity index (χ3v) is 6.90. The molecule has 8 nitrogen and oxygen atoms in total. The smallest absolute Gasteiger partial charge is 0.251 e. The number of amides is 3. The minimum absolute atomic E-state index is 0.0178. The molecule has 8 heteroatoms. The van der Waals surface area contributed by atoms with E-state index in [9.17, 15) is 19.6 Å². The van der Waals surface area contributed by atoms with E-state index in [1.54, 1.807) is 36.4 Å². The number of hydrogen-bond donors (Lipinski definition) is 4. The van der Waals surface area contributed by atoms with Crippen molar-refractivity contribution in [2.75, 3.05) is 19.6 Å². The zero-order valence-corrected chi connectivity index (χ0v) is 22.7. The Labute approximate surface area is 235 Å². The Balaban J connectivity index is 1.44. The third-order valence-electron chi connectivity index (χ3n) is 6.90. The van der Waals surface area contributed by atoms with E-state index in [0.717, 1.165) is 12.1 Å². The molecule has 0 aliphatic heterocycles. The van der Waals surface area contributed by atoms with Crippen molar-refractivity contribution in [3.05, 3.63) is 95.1 Å². The number of carbonyl (C=O) groups is 3. The molecule has 0 bridgehead atoms. The van der Waals surface area contributed by atoms with Gasteiger partial charge in [-0.15, -0.1) is 0 Å². The van der Waals surface area contributed by atoms with Crippen molar-refractivity contribution >= 4 is 17.7 Å². The van der Waals surface area contributed by atoms with Crippen LogP contribution in [0.5, 0.6) is 0 Å². The van der Waals surface area contributed by atoms with E-state index in [1.165, 1.54) is 12.8 Å². The second-order valence-corrected chi connectivity index (χ2v) is 9.98. The SMILES string of the molecule is CC[C@H](NCCNC(=O)c1cc(C(=O)NCc2ccccc2)cc(-c2ccccc2C#N)c1)C(=O)NCC1CC1. The molecule has 40 heavy (non-hydrogen) atoms. The number of nitrogens with one attached hydrogen (secondary N) is 4. The molecule has 1 aliphatic rings. The lowest BCUT2D eigenvalue weighted by Gasteiger charge is -2.17. The number of nitrogens with zero attached hydrogens (tertiary/aromatic N) is 1. The Kier molecular flexibility index (Phi) is 10.0. The monoisotopic (exact) mass is 537 g/mol. The minimum atomic E-state index is -0.346. The molecule has 0 saturated heterocycles. The fourth-order valence-corrected chi connectivity index (χ4v) is 4.39. The van der Waals surface area contributed by atoms with E-state index in [4.69, 9.17) is 0 Å². The van der Waals surface area contributed by atoms with Gasteiger partial charge in [-0.3, -0.25) is 14.4 Å². The lowest BCUT2D eigenvalue weighted by atomic mass is 9.96. The quantitative estimate of drug-likeness (QED) is 0.247. The Bertz CT molecular complexity index is 1380. The highest BCUT2D eigenvalue weighted by atomic mass is 16.2. The van der Waals surface area contributed by atoms with Gasteiger partial charge in [0.2, 0.25) is 5.91 Å². The molecular weight excluding hydrogens is 502 g/mol. The second-order valence-electron chi connectivity index (χ2n) is 9.98. The predicted molar refractivity (Wildman–Crippen MR) is 154 cm³/mol. The maximum atomic E-state index is 13.2. The van der Waals surface area contributed by atoms with Crippen LogP contribution in [0.15, 0.2) is 72.8 Å². The molecule has 0 aromatic heterocycles. The van der Waals surface area contributed by atoms with E-state index < -0.39 is 0 Å². The first-order valence-corrected chi connectivity index (χ1v) is 13.7. The summed E-state index contributed by atoms with van der Waals surface area (Å²) in [4.78, 5) is 38.7. The summed E-state index contributed by atoms with van der Waals surface area (Å²) in [6, 6.07) is 23.5. The predicted octanol–water partition coefficient (Wildman–Crippen LogP) is 3.78. The second kappa shape index (κ2) is 14.1. The first-order valence-electron chi connectivity index (χ1n) is 13.7. The van der Waals surface area contributed by atoms with Crippen LogP contribution in [0.3, 0.4) is 0 Å². The van der Waals surface area contributed by atoms with Gasteiger partial charge >= 0.3 is 0 Å². The molecule has 1 fully saturated rings. The fraction of sp³-hybridized carbons (Fsp3) is 0.312. The van der Waals surface area contributed by atoms with E-state index in [2.05, 4.69) is 27.3 Å². The molecule has 3 amide bonds. The number of nitriles is 1. The maximum Gasteiger partial charge on any atom is 0.251 e. The zero-order valence-electron chi connectivity index (χ0n) is 22.7. The molecule has 0 heterocycles. The van der Waals surface area contributed by atoms with Crippen LogP contribution in [-0.2, 0) is 11.3 Å². The van der Waals surface area contributed by atoms with Gasteiger partial charge in [0, 0.05) is 37.3 Å². The summed E-state index contributed by atoms with van der Waals surface area (Å²) in [5.41, 5.74) is 3.28. The highest BCUT2D eigenvalue weighted by Gasteiger charge is 2.23. The lowest BCUT2D eigenvalue weighted by molar-refractivity contribution is -0.123. The molecule has 4 N–H and O–H groups in total. The standard InChI is InChI=1S/C32H35N5O3/c1-2-29(32(40)37-21-23-12-13-23)34-14-15-35-30(38)26-16-25(28-11-7-6-10-24(28)19-33)17-27(18-26)31(39)36-20-22-8-4-3-5-9-22/h3-11,16-18,23,29,34H,2,12-15,20-21H2,1H3,(H,35,38)(H,36,39)(H,37,40)/t29-/m0/s1. The largest absolute Gasteiger partial charge is 0.354 e. The van der Waals surface area contributed by atoms with E-state index in [-0.39, 0.29) is 23.8 Å². The molecule has 1 aliphatic carbocycles. The summed E-state index contributed by atoms with van der Waals surface area (Å²) in [5.74, 6) is -0.0713. The van der Waals surface area contributed by atoms with Gasteiger partial charge in [-0.05, 0) is 66.1 Å². The molecular formula is C32H35N5O3. The maximum absolute atomic E-state index is 13.2. The summed E-state index contributed by atoms with van der Waals surface area (Å²) >= 11 is 0. The van der Waals surface area contributed by atoms with E-state index in [1.807, 2.05) is 43.3 Å². The summed E-state index contributed by atoms with van der Waals surface area (Å²) in [6.45, 7) is 3.74. The summed E-state index contributed by atoms with van der Waals surface area (Å²) in [6.07, 6.45) is 3.00. The van der Waals surface area contributed by atoms with Crippen molar-refractivity contribution in [3.8, 4) is 17.2 Å². The van der Waals surface area contributed by atoms with Crippen molar-refractivity contribution < 1.29 is 14.4 Å². The van der Waals surface area contributed by atoms with Gasteiger partial charge in [0.1, 0.15) is 0 Å². The molecule has 4 rings (SSSR count). The van der Waals surface area contributed by atoms with Gasteiger partial charge in [-0.25, -0.2) is 0 Å². The Morgan fingerprint density at radius 1 is 0.875 bits per heavy atom. The highest BCUT2D eigenvalue weighted by molar-refractivity contribution is 6.01. The molecule has 206 valence electrons. The van der Waals surface area contributed by atoms with Gasteiger partial charge in [0.25, 0.3) is 11.8 Å². The molecule has 0 radical (unpaired) electrons. The number of benzene rings is 3. The van der Waals surface area contributed by atoms with Crippen molar-refractivity contribution in [1.82, 2.24) is 21.3 Å². The van der Waals surface area contributed by atoms with Crippen molar-refractivity contribution in [2.45, 2.75) is 38.8 Å². The average Bonchev–Trinajstić information content (AvgIpc) is 3.83. The Morgan fingerprint density at radius 2 is 1.55 bits per heavy atom. The van der Waals surface area contributed by atoms with Crippen LogP contribution < -0.4 is 21.3 Å². The van der Waals surface area contributed by atoms with Gasteiger partial charge in [0.05, 0.1) is 17.7 Å². The topological polar surface area (TPSA) is 123 Å². The van der Waals surface area contributed by atoms with E-state index in [0.29, 0.717) is 59.8 Å². The molecule has 0 unspecified atom stereocenters. The summed E-state index contributed by atoms with van der Waals surface area (Å²) in [7, 11) is 0. The Hall–Kier alpha value is -4.48. The summed E-state index contributed by atoms with van der Waals surface area (Å²) in [5, 5.41) is 21.6. The van der Waals surface area contributed by atoms with Crippen LogP contribution in [0, 0.1) is 17.2 Å². The first-order chi connectivity index (χ1) is 19.5. The lowest BCUT2D eigenvalue weighted by Crippen LogP contribution is -2.46. The van der Waals surface area contributed by atoms with Crippen LogP contribution in [0.4, 0.5) is 0 Å². The molecule has 1 saturated carbocycles. The molecule has 3 aromatic carbocycles. The van der Waals surface area contributed by atoms with Crippen molar-refractivity contribution in [2.24, 2.45) is 5.92 Å². The first kappa shape index (κ1) is 28.5. The van der Waals surface area contributed by atoms with Crippen LogP contribution in [0.25, 0.3) is 11.1 Å². The third kappa shape index (κ3) is 8.01. The average molecular weight is 538 g/mol. The van der Waals surface area contributed by atoms with Crippen LogP contribution in [0.1, 0.15) is 58.0 Å². The fourth-order valence-electron chi connectivity index (χ4n) is 4.39. The van der Waals surface area contributed by atoms with E-state index >= 15 is 0 Å². The van der Waals surface area contributed by atoms with Crippen LogP contribution in [-0.4, -0.2) is 43.4 Å². The van der Waals surface area contributed by atoms with Gasteiger partial charge in [0.15, 0.2) is 0 Å². The minimum Gasteiger partial charge on any atom is -0.354 e. The van der Waals surface area contributed by atoms with Gasteiger partial charge in [-0.1, -0.05) is 55.5 Å². The number of rotatable bonds is 13. The molecule has 0 spiro atoms. The Morgan fingerprint density at radius 3 is 2.23 bits per heavy atom. The van der Waals surface area contributed by atoms with Gasteiger partial charge < -0.3 is 21.3 Å². The highest BCUT2D eigenvalue weighted by Crippen LogP contribution is 2.28. The normalized spacial score (nSPS) is 13.1. The van der Waals surface area contributed by atoms with Crippen LogP contribution in [0.2, 0.25) is 0 Å². The number of carbonyl (C=O) groups excluding carboxylic acids is 3. The van der Waals surface area contributed by atoms with Gasteiger partial charge in [-0.2, -0.15) is 5.26 Å². The van der Waals surface area contributed by atoms with Crippen molar-refractivity contribution in [3.63, 3.8) is 0 Å². The van der Waals surface area contributed by atoms with Crippen LogP contribution >= 0.6 is 0 Å². The number of hydrogen-bond acceptors (Lipinski definition) is 5. The molecule has 3 aromatic rings. The zero-order chi connectivity index (χ0) is 28.3. The summed E-state index contributed by atoms with van der Waals surface area (Å²) < 4.78 is 0. The van der Waals surface area contributed by atoms with Crippen molar-refractivity contribution in [1.29, 1.82) is 5.26 Å². The molecule has 1 atom stereocenters.